The van der Waals surface area contributed by atoms with Crippen molar-refractivity contribution in [3.63, 3.8) is 0 Å². The highest BCUT2D eigenvalue weighted by molar-refractivity contribution is 6.07. The Morgan fingerprint density at radius 1 is 0.938 bits per heavy atom. The number of amides is 2. The van der Waals surface area contributed by atoms with Gasteiger partial charge in [0.05, 0.1) is 32.4 Å². The van der Waals surface area contributed by atoms with Crippen LogP contribution in [-0.4, -0.2) is 26.0 Å². The van der Waals surface area contributed by atoms with Gasteiger partial charge in [-0.25, -0.2) is 0 Å². The van der Waals surface area contributed by atoms with Crippen molar-refractivity contribution in [2.24, 2.45) is 0 Å². The number of carbonyl (C=O) groups excluding carboxylic acids is 2. The molecule has 7 heteroatoms. The zero-order valence-electron chi connectivity index (χ0n) is 18.1. The molecule has 164 valence electrons. The second-order valence-corrected chi connectivity index (χ2v) is 7.43. The highest BCUT2D eigenvalue weighted by Crippen LogP contribution is 2.36. The fourth-order valence-electron chi connectivity index (χ4n) is 3.74. The molecule has 0 saturated heterocycles. The van der Waals surface area contributed by atoms with Crippen LogP contribution in [-0.2, 0) is 9.59 Å². The largest absolute Gasteiger partial charge is 0.497 e. The molecule has 0 radical (unpaired) electrons. The van der Waals surface area contributed by atoms with E-state index in [1.807, 2.05) is 42.5 Å². The highest BCUT2D eigenvalue weighted by Gasteiger charge is 2.19. The summed E-state index contributed by atoms with van der Waals surface area (Å²) < 4.78 is 16.6. The van der Waals surface area contributed by atoms with Gasteiger partial charge in [-0.1, -0.05) is 30.3 Å². The minimum absolute atomic E-state index is 0.0488. The molecule has 2 N–H and O–H groups in total. The first-order valence-electron chi connectivity index (χ1n) is 10.2. The Kier molecular flexibility index (Phi) is 5.98. The smallest absolute Gasteiger partial charge is 0.226 e. The zero-order chi connectivity index (χ0) is 22.7. The summed E-state index contributed by atoms with van der Waals surface area (Å²) in [5.74, 6) is 0.731. The van der Waals surface area contributed by atoms with Crippen LogP contribution >= 0.6 is 0 Å². The lowest BCUT2D eigenvalue weighted by Gasteiger charge is -2.19. The van der Waals surface area contributed by atoms with Crippen LogP contribution in [0.2, 0.25) is 0 Å². The van der Waals surface area contributed by atoms with Crippen LogP contribution in [0.3, 0.4) is 0 Å². The molecule has 2 amide bonds. The SMILES string of the molecule is COc1ccc(C(CC(=O)Nc2cc3oc4ccccc4c3cc2OC)NC(C)=O)cc1. The summed E-state index contributed by atoms with van der Waals surface area (Å²) in [6.07, 6.45) is 0.0488. The lowest BCUT2D eigenvalue weighted by molar-refractivity contribution is -0.120. The first-order chi connectivity index (χ1) is 15.5. The maximum absolute atomic E-state index is 12.9. The van der Waals surface area contributed by atoms with Crippen molar-refractivity contribution in [2.75, 3.05) is 19.5 Å². The second kappa shape index (κ2) is 9.01. The van der Waals surface area contributed by atoms with Crippen molar-refractivity contribution in [1.82, 2.24) is 5.32 Å². The number of para-hydroxylation sites is 1. The molecule has 0 aliphatic carbocycles. The van der Waals surface area contributed by atoms with Gasteiger partial charge in [0.2, 0.25) is 11.8 Å². The number of rotatable bonds is 7. The summed E-state index contributed by atoms with van der Waals surface area (Å²) in [5.41, 5.74) is 2.71. The van der Waals surface area contributed by atoms with E-state index >= 15 is 0 Å². The topological polar surface area (TPSA) is 89.8 Å². The van der Waals surface area contributed by atoms with E-state index < -0.39 is 6.04 Å². The van der Waals surface area contributed by atoms with Gasteiger partial charge in [0, 0.05) is 23.8 Å². The van der Waals surface area contributed by atoms with E-state index in [0.717, 1.165) is 21.9 Å². The molecule has 1 heterocycles. The van der Waals surface area contributed by atoms with E-state index in [0.29, 0.717) is 22.8 Å². The van der Waals surface area contributed by atoms with Gasteiger partial charge in [-0.3, -0.25) is 9.59 Å². The van der Waals surface area contributed by atoms with Crippen molar-refractivity contribution < 1.29 is 23.5 Å². The van der Waals surface area contributed by atoms with Gasteiger partial charge in [-0.2, -0.15) is 0 Å². The van der Waals surface area contributed by atoms with E-state index in [1.54, 1.807) is 32.4 Å². The minimum atomic E-state index is -0.487. The van der Waals surface area contributed by atoms with Crippen molar-refractivity contribution in [1.29, 1.82) is 0 Å². The summed E-state index contributed by atoms with van der Waals surface area (Å²) in [7, 11) is 3.14. The number of furan rings is 1. The van der Waals surface area contributed by atoms with Gasteiger partial charge in [0.25, 0.3) is 0 Å². The van der Waals surface area contributed by atoms with Crippen molar-refractivity contribution in [3.05, 3.63) is 66.2 Å². The van der Waals surface area contributed by atoms with Crippen molar-refractivity contribution in [3.8, 4) is 11.5 Å². The molecule has 0 aliphatic rings. The molecule has 0 aliphatic heterocycles. The molecule has 4 rings (SSSR count). The van der Waals surface area contributed by atoms with E-state index in [2.05, 4.69) is 10.6 Å². The molecule has 0 bridgehead atoms. The number of benzene rings is 3. The monoisotopic (exact) mass is 432 g/mol. The molecule has 0 spiro atoms. The van der Waals surface area contributed by atoms with Gasteiger partial charge in [-0.05, 0) is 29.8 Å². The Labute approximate surface area is 185 Å². The third-order valence-corrected chi connectivity index (χ3v) is 5.26. The number of fused-ring (bicyclic) bond motifs is 3. The summed E-state index contributed by atoms with van der Waals surface area (Å²) >= 11 is 0. The average Bonchev–Trinajstić information content (AvgIpc) is 3.15. The Morgan fingerprint density at radius 3 is 2.38 bits per heavy atom. The van der Waals surface area contributed by atoms with Gasteiger partial charge in [0.15, 0.2) is 0 Å². The fourth-order valence-corrected chi connectivity index (χ4v) is 3.74. The highest BCUT2D eigenvalue weighted by atomic mass is 16.5. The number of nitrogens with one attached hydrogen (secondary N) is 2. The summed E-state index contributed by atoms with van der Waals surface area (Å²) in [6.45, 7) is 1.42. The number of hydrogen-bond acceptors (Lipinski definition) is 5. The van der Waals surface area contributed by atoms with Crippen LogP contribution in [0.15, 0.2) is 65.1 Å². The maximum Gasteiger partial charge on any atom is 0.226 e. The first kappa shape index (κ1) is 21.2. The molecule has 1 unspecified atom stereocenters. The molecule has 0 saturated carbocycles. The van der Waals surface area contributed by atoms with Gasteiger partial charge < -0.3 is 24.5 Å². The first-order valence-corrected chi connectivity index (χ1v) is 10.2. The molecular formula is C25H24N2O5. The lowest BCUT2D eigenvalue weighted by Crippen LogP contribution is -2.29. The lowest BCUT2D eigenvalue weighted by atomic mass is 10.0. The number of hydrogen-bond donors (Lipinski definition) is 2. The van der Waals surface area contributed by atoms with Gasteiger partial charge in [0.1, 0.15) is 22.7 Å². The van der Waals surface area contributed by atoms with Crippen LogP contribution in [0.1, 0.15) is 24.9 Å². The van der Waals surface area contributed by atoms with Crippen LogP contribution in [0, 0.1) is 0 Å². The molecular weight excluding hydrogens is 408 g/mol. The van der Waals surface area contributed by atoms with Crippen LogP contribution in [0.25, 0.3) is 21.9 Å². The average molecular weight is 432 g/mol. The number of ether oxygens (including phenoxy) is 2. The molecule has 1 aromatic heterocycles. The third-order valence-electron chi connectivity index (χ3n) is 5.26. The zero-order valence-corrected chi connectivity index (χ0v) is 18.1. The van der Waals surface area contributed by atoms with E-state index in [9.17, 15) is 9.59 Å². The molecule has 0 fully saturated rings. The quantitative estimate of drug-likeness (QED) is 0.437. The standard InChI is InChI=1S/C25H24N2O5/c1-15(28)26-20(16-8-10-17(30-2)11-9-16)14-25(29)27-21-13-23-19(12-24(21)31-3)18-6-4-5-7-22(18)32-23/h4-13,20H,14H2,1-3H3,(H,26,28)(H,27,29). The van der Waals surface area contributed by atoms with Gasteiger partial charge in [-0.15, -0.1) is 0 Å². The summed E-state index contributed by atoms with van der Waals surface area (Å²) in [5, 5.41) is 7.61. The van der Waals surface area contributed by atoms with E-state index in [4.69, 9.17) is 13.9 Å². The molecule has 3 aromatic carbocycles. The number of anilines is 1. The fraction of sp³-hybridized carbons (Fsp3) is 0.200. The molecule has 4 aromatic rings. The van der Waals surface area contributed by atoms with Crippen LogP contribution < -0.4 is 20.1 Å². The second-order valence-electron chi connectivity index (χ2n) is 7.43. The maximum atomic E-state index is 12.9. The summed E-state index contributed by atoms with van der Waals surface area (Å²) in [6, 6.07) is 18.1. The van der Waals surface area contributed by atoms with E-state index in [-0.39, 0.29) is 18.2 Å². The Morgan fingerprint density at radius 2 is 1.69 bits per heavy atom. The third kappa shape index (κ3) is 4.37. The molecule has 32 heavy (non-hydrogen) atoms. The number of carbonyl (C=O) groups is 2. The minimum Gasteiger partial charge on any atom is -0.497 e. The van der Waals surface area contributed by atoms with Crippen molar-refractivity contribution in [2.45, 2.75) is 19.4 Å². The molecule has 7 nitrogen and oxygen atoms in total. The van der Waals surface area contributed by atoms with Gasteiger partial charge >= 0.3 is 0 Å². The Bertz CT molecular complexity index is 1280. The number of methoxy groups -OCH3 is 2. The van der Waals surface area contributed by atoms with Crippen LogP contribution in [0.5, 0.6) is 11.5 Å². The normalized spacial score (nSPS) is 11.8. The summed E-state index contributed by atoms with van der Waals surface area (Å²) in [4.78, 5) is 24.6. The van der Waals surface area contributed by atoms with E-state index in [1.165, 1.54) is 6.92 Å². The molecule has 1 atom stereocenters. The Balaban J connectivity index is 1.59. The van der Waals surface area contributed by atoms with Crippen LogP contribution in [0.4, 0.5) is 5.69 Å². The Hall–Kier alpha value is -4.00. The van der Waals surface area contributed by atoms with Crippen molar-refractivity contribution >= 4 is 39.4 Å². The predicted octanol–water partition coefficient (Wildman–Crippen LogP) is 4.81. The predicted molar refractivity (Wildman–Crippen MR) is 123 cm³/mol.